The lowest BCUT2D eigenvalue weighted by Gasteiger charge is -2.26. The summed E-state index contributed by atoms with van der Waals surface area (Å²) in [5, 5.41) is 2.86. The maximum atomic E-state index is 12.7. The van der Waals surface area contributed by atoms with Gasteiger partial charge in [-0.2, -0.15) is 26.3 Å². The number of carbonyl (C=O) groups excluding carboxylic acids is 1. The minimum absolute atomic E-state index is 0.406. The Hall–Kier alpha value is -2.97. The Bertz CT molecular complexity index is 789. The Labute approximate surface area is 156 Å². The number of benzene rings is 2. The molecule has 2 rings (SSSR count). The van der Waals surface area contributed by atoms with Crippen LogP contribution in [0.15, 0.2) is 72.8 Å². The van der Waals surface area contributed by atoms with Crippen LogP contribution < -0.4 is 5.32 Å². The van der Waals surface area contributed by atoms with Crippen LogP contribution >= 0.6 is 0 Å². The van der Waals surface area contributed by atoms with Crippen LogP contribution in [0.25, 0.3) is 0 Å². The van der Waals surface area contributed by atoms with Gasteiger partial charge in [-0.15, -0.1) is 0 Å². The first-order valence-corrected chi connectivity index (χ1v) is 7.90. The summed E-state index contributed by atoms with van der Waals surface area (Å²) in [7, 11) is 0. The highest BCUT2D eigenvalue weighted by molar-refractivity contribution is 5.90. The van der Waals surface area contributed by atoms with E-state index in [1.54, 1.807) is 60.7 Å². The largest absolute Gasteiger partial charge is 0.439 e. The lowest BCUT2D eigenvalue weighted by atomic mass is 9.99. The second-order valence-corrected chi connectivity index (χ2v) is 5.75. The van der Waals surface area contributed by atoms with E-state index in [-0.39, 0.29) is 0 Å². The van der Waals surface area contributed by atoms with Crippen LogP contribution in [0, 0.1) is 0 Å². The minimum atomic E-state index is -5.80. The Balaban J connectivity index is 2.29. The molecule has 1 atom stereocenters. The average Bonchev–Trinajstić information content (AvgIpc) is 2.63. The summed E-state index contributed by atoms with van der Waals surface area (Å²) in [4.78, 5) is 12.1. The molecule has 0 bridgehead atoms. The summed E-state index contributed by atoms with van der Waals surface area (Å²) in [5.41, 5.74) is 0.283. The highest BCUT2D eigenvalue weighted by Gasteiger charge is 2.60. The number of hydrogen-bond donors (Lipinski definition) is 1. The summed E-state index contributed by atoms with van der Waals surface area (Å²) in [6, 6.07) is 15.1. The number of nitrogens with one attached hydrogen (secondary N) is 1. The molecule has 0 aliphatic carbocycles. The van der Waals surface area contributed by atoms with Crippen LogP contribution in [-0.4, -0.2) is 24.4 Å². The smallest absolute Gasteiger partial charge is 0.434 e. The monoisotopic (exact) mass is 403 g/mol. The third-order valence-electron chi connectivity index (χ3n) is 3.65. The van der Waals surface area contributed by atoms with Crippen molar-refractivity contribution in [2.75, 3.05) is 5.32 Å². The van der Waals surface area contributed by atoms with E-state index in [2.05, 4.69) is 16.6 Å². The van der Waals surface area contributed by atoms with Crippen LogP contribution in [0.2, 0.25) is 0 Å². The molecule has 2 aromatic carbocycles. The van der Waals surface area contributed by atoms with Gasteiger partial charge in [-0.3, -0.25) is 0 Å². The Kier molecular flexibility index (Phi) is 6.37. The quantitative estimate of drug-likeness (QED) is 0.397. The van der Waals surface area contributed by atoms with E-state index in [0.717, 1.165) is 0 Å². The first-order chi connectivity index (χ1) is 13.0. The molecule has 0 aromatic heterocycles. The number of halogens is 6. The van der Waals surface area contributed by atoms with Gasteiger partial charge in [-0.1, -0.05) is 55.1 Å². The van der Waals surface area contributed by atoms with Crippen LogP contribution in [0.3, 0.4) is 0 Å². The van der Waals surface area contributed by atoms with Crippen molar-refractivity contribution in [1.29, 1.82) is 0 Å². The van der Waals surface area contributed by atoms with Gasteiger partial charge in [0, 0.05) is 5.69 Å². The molecule has 0 fully saturated rings. The Morgan fingerprint density at radius 2 is 1.32 bits per heavy atom. The topological polar surface area (TPSA) is 38.3 Å². The predicted octanol–water partition coefficient (Wildman–Crippen LogP) is 5.43. The van der Waals surface area contributed by atoms with Crippen molar-refractivity contribution in [3.05, 3.63) is 78.4 Å². The van der Waals surface area contributed by atoms with Gasteiger partial charge in [-0.05, 0) is 17.7 Å². The van der Waals surface area contributed by atoms with E-state index in [1.165, 1.54) is 0 Å². The summed E-state index contributed by atoms with van der Waals surface area (Å²) in [5.74, 6) is -1.81. The number of anilines is 1. The molecule has 0 amide bonds. The predicted molar refractivity (Wildman–Crippen MR) is 90.4 cm³/mol. The normalized spacial score (nSPS) is 13.1. The van der Waals surface area contributed by atoms with Gasteiger partial charge < -0.3 is 10.1 Å². The number of hydrogen-bond acceptors (Lipinski definition) is 3. The molecule has 0 aliphatic heterocycles. The van der Waals surface area contributed by atoms with Gasteiger partial charge in [0.1, 0.15) is 0 Å². The second kappa shape index (κ2) is 8.37. The van der Waals surface area contributed by atoms with E-state index in [4.69, 9.17) is 0 Å². The average molecular weight is 403 g/mol. The standard InChI is InChI=1S/C19H15F6NO2/c1-12(16(27)28-17(18(20,21)22)19(23,24)25)15(13-8-4-2-5-9-13)26-14-10-6-3-7-11-14/h2-11,15,17,26H,1H2/t15-/m1/s1. The molecule has 150 valence electrons. The van der Waals surface area contributed by atoms with Gasteiger partial charge >= 0.3 is 18.3 Å². The van der Waals surface area contributed by atoms with Gasteiger partial charge in [-0.25, -0.2) is 4.79 Å². The van der Waals surface area contributed by atoms with Crippen molar-refractivity contribution in [2.45, 2.75) is 24.5 Å². The van der Waals surface area contributed by atoms with Crippen molar-refractivity contribution in [3.63, 3.8) is 0 Å². The number of esters is 1. The fraction of sp³-hybridized carbons (Fsp3) is 0.211. The van der Waals surface area contributed by atoms with E-state index < -0.39 is 36.0 Å². The first kappa shape index (κ1) is 21.3. The first-order valence-electron chi connectivity index (χ1n) is 7.90. The number of alkyl halides is 6. The van der Waals surface area contributed by atoms with Gasteiger partial charge in [0.25, 0.3) is 6.10 Å². The maximum Gasteiger partial charge on any atom is 0.434 e. The highest BCUT2D eigenvalue weighted by atomic mass is 19.4. The fourth-order valence-electron chi connectivity index (χ4n) is 2.34. The SMILES string of the molecule is C=C(C(=O)OC(C(F)(F)F)C(F)(F)F)[C@@H](Nc1ccccc1)c1ccccc1. The van der Waals surface area contributed by atoms with Crippen LogP contribution in [0.1, 0.15) is 11.6 Å². The molecule has 0 unspecified atom stereocenters. The van der Waals surface area contributed by atoms with Crippen molar-refractivity contribution < 1.29 is 35.9 Å². The molecule has 1 N–H and O–H groups in total. The molecule has 0 radical (unpaired) electrons. The molecule has 0 saturated carbocycles. The van der Waals surface area contributed by atoms with Gasteiger partial charge in [0.05, 0.1) is 11.6 Å². The third kappa shape index (κ3) is 5.51. The lowest BCUT2D eigenvalue weighted by molar-refractivity contribution is -0.312. The number of rotatable bonds is 6. The van der Waals surface area contributed by atoms with Crippen molar-refractivity contribution >= 4 is 11.7 Å². The molecular formula is C19H15F6NO2. The second-order valence-electron chi connectivity index (χ2n) is 5.75. The fourth-order valence-corrected chi connectivity index (χ4v) is 2.34. The molecule has 3 nitrogen and oxygen atoms in total. The zero-order chi connectivity index (χ0) is 20.9. The summed E-state index contributed by atoms with van der Waals surface area (Å²) < 4.78 is 79.8. The minimum Gasteiger partial charge on any atom is -0.439 e. The van der Waals surface area contributed by atoms with Gasteiger partial charge in [0.15, 0.2) is 0 Å². The molecule has 0 spiro atoms. The number of para-hydroxylation sites is 1. The van der Waals surface area contributed by atoms with Crippen molar-refractivity contribution in [1.82, 2.24) is 0 Å². The molecule has 0 saturated heterocycles. The summed E-state index contributed by atoms with van der Waals surface area (Å²) in [6.45, 7) is 3.37. The van der Waals surface area contributed by atoms with E-state index in [0.29, 0.717) is 11.3 Å². The molecule has 0 aliphatic rings. The molecule has 9 heteroatoms. The van der Waals surface area contributed by atoms with Crippen molar-refractivity contribution in [3.8, 4) is 0 Å². The number of carbonyl (C=O) groups is 1. The maximum absolute atomic E-state index is 12.7. The van der Waals surface area contributed by atoms with E-state index in [9.17, 15) is 31.1 Å². The number of ether oxygens (including phenoxy) is 1. The van der Waals surface area contributed by atoms with Crippen LogP contribution in [0.4, 0.5) is 32.0 Å². The Morgan fingerprint density at radius 3 is 1.79 bits per heavy atom. The summed E-state index contributed by atoms with van der Waals surface area (Å²) >= 11 is 0. The lowest BCUT2D eigenvalue weighted by Crippen LogP contribution is -2.46. The van der Waals surface area contributed by atoms with Crippen LogP contribution in [-0.2, 0) is 9.53 Å². The van der Waals surface area contributed by atoms with Gasteiger partial charge in [0.2, 0.25) is 0 Å². The van der Waals surface area contributed by atoms with Crippen molar-refractivity contribution in [2.24, 2.45) is 0 Å². The van der Waals surface area contributed by atoms with E-state index >= 15 is 0 Å². The zero-order valence-electron chi connectivity index (χ0n) is 14.2. The van der Waals surface area contributed by atoms with E-state index in [1.807, 2.05) is 0 Å². The molecular weight excluding hydrogens is 388 g/mol. The summed E-state index contributed by atoms with van der Waals surface area (Å²) in [6.07, 6.45) is -15.8. The zero-order valence-corrected chi connectivity index (χ0v) is 14.2. The molecule has 2 aromatic rings. The third-order valence-corrected chi connectivity index (χ3v) is 3.65. The molecule has 28 heavy (non-hydrogen) atoms. The van der Waals surface area contributed by atoms with Crippen LogP contribution in [0.5, 0.6) is 0 Å². The highest BCUT2D eigenvalue weighted by Crippen LogP contribution is 2.37. The Morgan fingerprint density at radius 1 is 0.857 bits per heavy atom. The molecule has 0 heterocycles.